The number of piperazine rings is 1. The van der Waals surface area contributed by atoms with Gasteiger partial charge in [0.25, 0.3) is 10.0 Å². The first-order chi connectivity index (χ1) is 13.6. The molecule has 1 saturated heterocycles. The highest BCUT2D eigenvalue weighted by Crippen LogP contribution is 2.39. The smallest absolute Gasteiger partial charge is 0.264 e. The minimum atomic E-state index is -3.59. The first kappa shape index (κ1) is 17.5. The van der Waals surface area contributed by atoms with Crippen molar-refractivity contribution in [3.05, 3.63) is 66.2 Å². The van der Waals surface area contributed by atoms with E-state index in [0.717, 1.165) is 54.6 Å². The van der Waals surface area contributed by atoms with Crippen LogP contribution in [-0.2, 0) is 16.4 Å². The molecule has 1 N–H and O–H groups in total. The van der Waals surface area contributed by atoms with Gasteiger partial charge in [0.05, 0.1) is 10.6 Å². The van der Waals surface area contributed by atoms with Gasteiger partial charge in [-0.15, -0.1) is 0 Å². The van der Waals surface area contributed by atoms with Crippen molar-refractivity contribution in [2.24, 2.45) is 0 Å². The second-order valence-corrected chi connectivity index (χ2v) is 9.21. The van der Waals surface area contributed by atoms with Crippen molar-refractivity contribution in [3.8, 4) is 0 Å². The van der Waals surface area contributed by atoms with Gasteiger partial charge in [0.1, 0.15) is 0 Å². The lowest BCUT2D eigenvalue weighted by molar-refractivity contribution is 0.588. The van der Waals surface area contributed by atoms with E-state index in [-0.39, 0.29) is 0 Å². The highest BCUT2D eigenvalue weighted by Gasteiger charge is 2.33. The maximum Gasteiger partial charge on any atom is 0.264 e. The van der Waals surface area contributed by atoms with Crippen LogP contribution in [0.1, 0.15) is 5.56 Å². The van der Waals surface area contributed by atoms with E-state index in [4.69, 9.17) is 0 Å². The molecule has 0 radical (unpaired) electrons. The monoisotopic (exact) mass is 393 g/mol. The Labute approximate surface area is 165 Å². The van der Waals surface area contributed by atoms with Crippen LogP contribution >= 0.6 is 0 Å². The number of anilines is 2. The predicted molar refractivity (Wildman–Crippen MR) is 114 cm³/mol. The minimum Gasteiger partial charge on any atom is -0.369 e. The summed E-state index contributed by atoms with van der Waals surface area (Å²) in [6.45, 7) is 4.32. The average molecular weight is 394 g/mol. The maximum atomic E-state index is 13.4. The van der Waals surface area contributed by atoms with Crippen LogP contribution in [0, 0.1) is 0 Å². The van der Waals surface area contributed by atoms with Crippen molar-refractivity contribution in [1.82, 2.24) is 5.32 Å². The van der Waals surface area contributed by atoms with Crippen LogP contribution in [0.15, 0.2) is 65.6 Å². The minimum absolute atomic E-state index is 0.353. The Hall–Kier alpha value is -2.57. The number of sulfonamides is 1. The lowest BCUT2D eigenvalue weighted by Crippen LogP contribution is -2.43. The highest BCUT2D eigenvalue weighted by atomic mass is 32.2. The Kier molecular flexibility index (Phi) is 4.25. The first-order valence-corrected chi connectivity index (χ1v) is 11.2. The van der Waals surface area contributed by atoms with Crippen LogP contribution in [0.5, 0.6) is 0 Å². The fourth-order valence-corrected chi connectivity index (χ4v) is 5.83. The van der Waals surface area contributed by atoms with Gasteiger partial charge in [-0.3, -0.25) is 4.31 Å². The van der Waals surface area contributed by atoms with Crippen molar-refractivity contribution in [3.63, 3.8) is 0 Å². The molecule has 0 aliphatic carbocycles. The Balaban J connectivity index is 1.54. The van der Waals surface area contributed by atoms with Crippen LogP contribution in [0.3, 0.4) is 0 Å². The molecule has 0 amide bonds. The molecule has 3 aromatic carbocycles. The van der Waals surface area contributed by atoms with E-state index in [1.807, 2.05) is 42.5 Å². The zero-order valence-corrected chi connectivity index (χ0v) is 16.5. The third-order valence-electron chi connectivity index (χ3n) is 5.73. The molecule has 0 unspecified atom stereocenters. The maximum absolute atomic E-state index is 13.4. The lowest BCUT2D eigenvalue weighted by Gasteiger charge is -2.31. The fraction of sp³-hybridized carbons (Fsp3) is 0.273. The average Bonchev–Trinajstić information content (AvgIpc) is 3.19. The number of rotatable bonds is 3. The van der Waals surface area contributed by atoms with Gasteiger partial charge in [-0.1, -0.05) is 36.4 Å². The van der Waals surface area contributed by atoms with E-state index < -0.39 is 10.0 Å². The van der Waals surface area contributed by atoms with Gasteiger partial charge < -0.3 is 10.2 Å². The Morgan fingerprint density at radius 2 is 1.54 bits per heavy atom. The van der Waals surface area contributed by atoms with Gasteiger partial charge in [-0.25, -0.2) is 8.42 Å². The molecule has 2 aliphatic heterocycles. The van der Waals surface area contributed by atoms with Crippen LogP contribution < -0.4 is 14.5 Å². The number of benzene rings is 3. The molecule has 5 nitrogen and oxygen atoms in total. The molecule has 1 fully saturated rings. The predicted octanol–water partition coefficient (Wildman–Crippen LogP) is 3.00. The van der Waals surface area contributed by atoms with Crippen LogP contribution in [0.4, 0.5) is 11.4 Å². The summed E-state index contributed by atoms with van der Waals surface area (Å²) in [5.41, 5.74) is 3.15. The zero-order chi connectivity index (χ0) is 19.1. The lowest BCUT2D eigenvalue weighted by atomic mass is 10.1. The van der Waals surface area contributed by atoms with Gasteiger partial charge in [0.2, 0.25) is 0 Å². The third-order valence-corrected chi connectivity index (χ3v) is 7.54. The Morgan fingerprint density at radius 1 is 0.786 bits per heavy atom. The zero-order valence-electron chi connectivity index (χ0n) is 15.6. The number of hydrogen-bond donors (Lipinski definition) is 1. The first-order valence-electron chi connectivity index (χ1n) is 9.74. The molecule has 28 heavy (non-hydrogen) atoms. The van der Waals surface area contributed by atoms with Crippen molar-refractivity contribution in [2.45, 2.75) is 11.3 Å². The fourth-order valence-electron chi connectivity index (χ4n) is 4.29. The molecule has 0 aromatic heterocycles. The van der Waals surface area contributed by atoms with Crippen molar-refractivity contribution < 1.29 is 8.42 Å². The van der Waals surface area contributed by atoms with Crippen LogP contribution in [0.25, 0.3) is 10.8 Å². The largest absolute Gasteiger partial charge is 0.369 e. The summed E-state index contributed by atoms with van der Waals surface area (Å²) in [5.74, 6) is 0. The number of hydrogen-bond acceptors (Lipinski definition) is 4. The Bertz CT molecular complexity index is 1140. The summed E-state index contributed by atoms with van der Waals surface area (Å²) < 4.78 is 28.4. The van der Waals surface area contributed by atoms with Crippen molar-refractivity contribution in [1.29, 1.82) is 0 Å². The number of nitrogens with zero attached hydrogens (tertiary/aromatic N) is 2. The summed E-state index contributed by atoms with van der Waals surface area (Å²) in [4.78, 5) is 2.72. The highest BCUT2D eigenvalue weighted by molar-refractivity contribution is 7.92. The van der Waals surface area contributed by atoms with Gasteiger partial charge in [-0.2, -0.15) is 0 Å². The summed E-state index contributed by atoms with van der Waals surface area (Å²) in [5, 5.41) is 5.36. The summed E-state index contributed by atoms with van der Waals surface area (Å²) in [7, 11) is -3.59. The van der Waals surface area contributed by atoms with E-state index in [9.17, 15) is 8.42 Å². The molecule has 2 heterocycles. The second-order valence-electron chi connectivity index (χ2n) is 7.35. The summed E-state index contributed by atoms with van der Waals surface area (Å²) >= 11 is 0. The second kappa shape index (κ2) is 6.79. The molecule has 0 spiro atoms. The van der Waals surface area contributed by atoms with Crippen LogP contribution in [0.2, 0.25) is 0 Å². The van der Waals surface area contributed by atoms with Gasteiger partial charge >= 0.3 is 0 Å². The van der Waals surface area contributed by atoms with E-state index in [1.165, 1.54) is 5.69 Å². The number of fused-ring (bicyclic) bond motifs is 2. The van der Waals surface area contributed by atoms with E-state index in [2.05, 4.69) is 16.3 Å². The molecule has 0 saturated carbocycles. The molecule has 5 rings (SSSR count). The molecule has 144 valence electrons. The molecule has 6 heteroatoms. The molecule has 0 atom stereocenters. The topological polar surface area (TPSA) is 52.7 Å². The van der Waals surface area contributed by atoms with Crippen LogP contribution in [-0.4, -0.2) is 41.1 Å². The standard InChI is InChI=1S/C22H23N3O2S/c26-28(27,19-9-8-17-4-1-2-5-18(17)16-19)25-13-10-20-21(6-3-7-22(20)25)24-14-11-23-12-15-24/h1-9,16,23H,10-15H2. The SMILES string of the molecule is O=S(=O)(c1ccc2ccccc2c1)N1CCc2c(N3CCNCC3)cccc21. The van der Waals surface area contributed by atoms with Gasteiger partial charge in [-0.05, 0) is 41.5 Å². The third kappa shape index (κ3) is 2.84. The molecular formula is C22H23N3O2S. The van der Waals surface area contributed by atoms with E-state index >= 15 is 0 Å². The Morgan fingerprint density at radius 3 is 2.36 bits per heavy atom. The van der Waals surface area contributed by atoms with Gasteiger partial charge in [0.15, 0.2) is 0 Å². The van der Waals surface area contributed by atoms with E-state index in [1.54, 1.807) is 16.4 Å². The number of nitrogens with one attached hydrogen (secondary N) is 1. The quantitative estimate of drug-likeness (QED) is 0.743. The van der Waals surface area contributed by atoms with Crippen molar-refractivity contribution in [2.75, 3.05) is 41.9 Å². The van der Waals surface area contributed by atoms with Gasteiger partial charge in [0, 0.05) is 44.0 Å². The molecule has 2 aliphatic rings. The normalized spacial score (nSPS) is 17.1. The molecule has 3 aromatic rings. The summed E-state index contributed by atoms with van der Waals surface area (Å²) in [6.07, 6.45) is 0.752. The molecular weight excluding hydrogens is 370 g/mol. The summed E-state index contributed by atoms with van der Waals surface area (Å²) in [6, 6.07) is 19.3. The van der Waals surface area contributed by atoms with Crippen molar-refractivity contribution >= 4 is 32.2 Å². The van der Waals surface area contributed by atoms with E-state index in [0.29, 0.717) is 11.4 Å². The molecule has 0 bridgehead atoms.